The van der Waals surface area contributed by atoms with Gasteiger partial charge in [0.2, 0.25) is 0 Å². The van der Waals surface area contributed by atoms with E-state index in [-0.39, 0.29) is 5.54 Å². The zero-order chi connectivity index (χ0) is 20.4. The van der Waals surface area contributed by atoms with E-state index >= 15 is 0 Å². The summed E-state index contributed by atoms with van der Waals surface area (Å²) < 4.78 is 5.88. The fraction of sp³-hybridized carbons (Fsp3) is 0.348. The molecule has 0 aliphatic heterocycles. The SMILES string of the molecule is Cc1cc(CCCCC(C)(C)n2[c](=[Pt])n(-c3ccccc3)c3cccnc32)n[nH]1. The number of aromatic amines is 1. The molecule has 1 aromatic carbocycles. The number of aryl methyl sites for hydroxylation is 2. The first-order chi connectivity index (χ1) is 14.0. The number of hydrogen-bond acceptors (Lipinski definition) is 2. The number of H-pyrrole nitrogens is 1. The quantitative estimate of drug-likeness (QED) is 0.316. The number of fused-ring (bicyclic) bond motifs is 1. The Morgan fingerprint density at radius 1 is 1.07 bits per heavy atom. The predicted octanol–water partition coefficient (Wildman–Crippen LogP) is 5.09. The Morgan fingerprint density at radius 3 is 2.59 bits per heavy atom. The third-order valence-corrected chi connectivity index (χ3v) is 6.43. The number of nitrogens with one attached hydrogen (secondary N) is 1. The molecule has 0 atom stereocenters. The van der Waals surface area contributed by atoms with Crippen molar-refractivity contribution in [2.45, 2.75) is 52.0 Å². The van der Waals surface area contributed by atoms with Gasteiger partial charge in [-0.2, -0.15) is 0 Å². The fourth-order valence-electron chi connectivity index (χ4n) is 3.92. The van der Waals surface area contributed by atoms with Crippen LogP contribution in [0.3, 0.4) is 0 Å². The van der Waals surface area contributed by atoms with Crippen LogP contribution in [0.2, 0.25) is 0 Å². The number of benzene rings is 1. The van der Waals surface area contributed by atoms with E-state index in [0.29, 0.717) is 0 Å². The minimum atomic E-state index is -0.0365. The van der Waals surface area contributed by atoms with Crippen molar-refractivity contribution < 1.29 is 19.4 Å². The molecule has 0 saturated heterocycles. The molecule has 3 aromatic heterocycles. The molecule has 0 unspecified atom stereocenters. The molecule has 154 valence electrons. The van der Waals surface area contributed by atoms with Crippen LogP contribution in [0.1, 0.15) is 44.5 Å². The molecule has 0 radical (unpaired) electrons. The van der Waals surface area contributed by atoms with Crippen LogP contribution in [0, 0.1) is 10.7 Å². The summed E-state index contributed by atoms with van der Waals surface area (Å²) in [6.45, 7) is 6.68. The van der Waals surface area contributed by atoms with Gasteiger partial charge in [0.05, 0.1) is 0 Å². The van der Waals surface area contributed by atoms with E-state index in [9.17, 15) is 0 Å². The fourth-order valence-corrected chi connectivity index (χ4v) is 5.41. The standard InChI is InChI=1S/C23H27N5.Pt/c1-18-16-19(26-25-18)10-7-8-14-23(2,3)28-17-27(20-11-5-4-6-12-20)21-13-9-15-24-22(21)28;/h4-6,9,11-13,15-16H,7-8,10,14H2,1-3H3,(H,25,26);. The normalized spacial score (nSPS) is 12.0. The number of hydrogen-bond donors (Lipinski definition) is 1. The summed E-state index contributed by atoms with van der Waals surface area (Å²) >= 11 is 2.45. The zero-order valence-corrected chi connectivity index (χ0v) is 19.4. The first kappa shape index (κ1) is 20.0. The van der Waals surface area contributed by atoms with Crippen molar-refractivity contribution in [3.8, 4) is 5.69 Å². The van der Waals surface area contributed by atoms with Crippen molar-refractivity contribution in [2.24, 2.45) is 0 Å². The van der Waals surface area contributed by atoms with E-state index < -0.39 is 0 Å². The second kappa shape index (κ2) is 8.23. The summed E-state index contributed by atoms with van der Waals surface area (Å²) in [4.78, 5) is 4.76. The maximum absolute atomic E-state index is 4.76. The molecule has 0 aliphatic carbocycles. The summed E-state index contributed by atoms with van der Waals surface area (Å²) in [5, 5.41) is 7.39. The van der Waals surface area contributed by atoms with E-state index in [1.807, 2.05) is 19.2 Å². The Balaban J connectivity index is 1.62. The van der Waals surface area contributed by atoms with Crippen LogP contribution in [0.5, 0.6) is 0 Å². The summed E-state index contributed by atoms with van der Waals surface area (Å²) in [5.41, 5.74) is 5.60. The van der Waals surface area contributed by atoms with Gasteiger partial charge in [-0.15, -0.1) is 0 Å². The average Bonchev–Trinajstić information content (AvgIpc) is 3.26. The summed E-state index contributed by atoms with van der Waals surface area (Å²) in [5.74, 6) is 0. The summed E-state index contributed by atoms with van der Waals surface area (Å²) in [6.07, 6.45) is 6.28. The van der Waals surface area contributed by atoms with E-state index in [4.69, 9.17) is 4.98 Å². The number of aromatic nitrogens is 5. The van der Waals surface area contributed by atoms with Crippen LogP contribution in [0.15, 0.2) is 54.7 Å². The van der Waals surface area contributed by atoms with Crippen LogP contribution < -0.4 is 0 Å². The van der Waals surface area contributed by atoms with E-state index in [0.717, 1.165) is 48.2 Å². The van der Waals surface area contributed by atoms with Gasteiger partial charge in [-0.05, 0) is 0 Å². The molecule has 1 N–H and O–H groups in total. The van der Waals surface area contributed by atoms with Gasteiger partial charge in [0, 0.05) is 0 Å². The van der Waals surface area contributed by atoms with Crippen molar-refractivity contribution in [1.82, 2.24) is 24.3 Å². The Morgan fingerprint density at radius 2 is 1.86 bits per heavy atom. The van der Waals surface area contributed by atoms with Crippen molar-refractivity contribution in [3.63, 3.8) is 0 Å². The molecule has 4 rings (SSSR count). The number of nitrogens with zero attached hydrogens (tertiary/aromatic N) is 4. The third kappa shape index (κ3) is 4.06. The number of rotatable bonds is 7. The van der Waals surface area contributed by atoms with Crippen molar-refractivity contribution in [2.75, 3.05) is 0 Å². The zero-order valence-electron chi connectivity index (χ0n) is 17.1. The molecule has 0 aliphatic rings. The molecule has 5 nitrogen and oxygen atoms in total. The third-order valence-electron chi connectivity index (χ3n) is 5.41. The van der Waals surface area contributed by atoms with Crippen LogP contribution in [0.4, 0.5) is 0 Å². The number of para-hydroxylation sites is 1. The molecule has 0 saturated carbocycles. The van der Waals surface area contributed by atoms with Crippen LogP contribution in [-0.4, -0.2) is 24.3 Å². The van der Waals surface area contributed by atoms with Crippen molar-refractivity contribution in [1.29, 1.82) is 0 Å². The number of imidazole rings is 1. The molecule has 4 aromatic rings. The Bertz CT molecular complexity index is 1170. The molecule has 29 heavy (non-hydrogen) atoms. The molecule has 0 amide bonds. The second-order valence-corrected chi connectivity index (χ2v) is 9.17. The average molecular weight is 569 g/mol. The molecule has 0 spiro atoms. The molecule has 0 fully saturated rings. The van der Waals surface area contributed by atoms with E-state index in [2.05, 4.69) is 95.0 Å². The minimum absolute atomic E-state index is 0.0365. The van der Waals surface area contributed by atoms with Gasteiger partial charge in [0.1, 0.15) is 0 Å². The number of pyridine rings is 1. The van der Waals surface area contributed by atoms with E-state index in [1.54, 1.807) is 0 Å². The molecule has 6 heteroatoms. The van der Waals surface area contributed by atoms with Crippen LogP contribution >= 0.6 is 0 Å². The topological polar surface area (TPSA) is 51.4 Å². The van der Waals surface area contributed by atoms with Crippen molar-refractivity contribution >= 4 is 11.2 Å². The monoisotopic (exact) mass is 568 g/mol. The van der Waals surface area contributed by atoms with Gasteiger partial charge in [0.15, 0.2) is 0 Å². The first-order valence-corrected chi connectivity index (χ1v) is 11.2. The second-order valence-electron chi connectivity index (χ2n) is 8.16. The van der Waals surface area contributed by atoms with Gasteiger partial charge in [-0.1, -0.05) is 0 Å². The van der Waals surface area contributed by atoms with Gasteiger partial charge >= 0.3 is 182 Å². The molecule has 0 bridgehead atoms. The summed E-state index contributed by atoms with van der Waals surface area (Å²) in [7, 11) is 0. The van der Waals surface area contributed by atoms with Gasteiger partial charge in [0.25, 0.3) is 0 Å². The first-order valence-electron chi connectivity index (χ1n) is 10.1. The Kier molecular flexibility index (Phi) is 5.69. The van der Waals surface area contributed by atoms with E-state index in [1.165, 1.54) is 9.49 Å². The molecular weight excluding hydrogens is 541 g/mol. The van der Waals surface area contributed by atoms with Crippen LogP contribution in [-0.2, 0) is 31.3 Å². The van der Waals surface area contributed by atoms with Gasteiger partial charge in [-0.25, -0.2) is 0 Å². The van der Waals surface area contributed by atoms with Crippen LogP contribution in [0.25, 0.3) is 16.9 Å². The number of unbranched alkanes of at least 4 members (excludes halogenated alkanes) is 1. The maximum atomic E-state index is 4.76. The Hall–Kier alpha value is -2.26. The van der Waals surface area contributed by atoms with Gasteiger partial charge in [-0.3, -0.25) is 0 Å². The molecule has 3 heterocycles. The summed E-state index contributed by atoms with van der Waals surface area (Å²) in [6, 6.07) is 16.8. The predicted molar refractivity (Wildman–Crippen MR) is 113 cm³/mol. The van der Waals surface area contributed by atoms with Gasteiger partial charge < -0.3 is 0 Å². The van der Waals surface area contributed by atoms with Crippen molar-refractivity contribution in [3.05, 3.63) is 69.9 Å². The molecular formula is C23H27N5Pt. The Labute approximate surface area is 182 Å².